The monoisotopic (exact) mass is 174 g/mol. The molecule has 1 atom stereocenters. The van der Waals surface area contributed by atoms with Gasteiger partial charge in [-0.1, -0.05) is 18.1 Å². The van der Waals surface area contributed by atoms with Crippen LogP contribution in [0, 0.1) is 12.3 Å². The first-order chi connectivity index (χ1) is 5.16. The van der Waals surface area contributed by atoms with Gasteiger partial charge in [-0.15, -0.1) is 6.42 Å². The Balaban J connectivity index is 3.39. The van der Waals surface area contributed by atoms with Gasteiger partial charge >= 0.3 is 8.25 Å². The highest BCUT2D eigenvalue weighted by atomic mass is 31.1. The standard InChI is InChI=1S/C7H11O3P/c1-4-5-9-11(8)10-6-7(2)3/h1,11H,2,5-6H2,3H3. The molecule has 0 fully saturated rings. The van der Waals surface area contributed by atoms with Crippen LogP contribution in [-0.4, -0.2) is 13.2 Å². The molecule has 1 unspecified atom stereocenters. The summed E-state index contributed by atoms with van der Waals surface area (Å²) in [5.41, 5.74) is 0.799. The Morgan fingerprint density at radius 2 is 2.36 bits per heavy atom. The molecule has 0 heterocycles. The molecule has 0 spiro atoms. The van der Waals surface area contributed by atoms with Crippen molar-refractivity contribution in [3.63, 3.8) is 0 Å². The van der Waals surface area contributed by atoms with Crippen molar-refractivity contribution in [1.29, 1.82) is 0 Å². The largest absolute Gasteiger partial charge is 0.320 e. The molecule has 0 aliphatic rings. The predicted molar refractivity (Wildman–Crippen MR) is 44.6 cm³/mol. The van der Waals surface area contributed by atoms with E-state index in [1.807, 2.05) is 0 Å². The highest BCUT2D eigenvalue weighted by Gasteiger charge is 1.96. The van der Waals surface area contributed by atoms with E-state index in [2.05, 4.69) is 17.0 Å². The number of hydrogen-bond donors (Lipinski definition) is 0. The van der Waals surface area contributed by atoms with Crippen molar-refractivity contribution >= 4 is 8.25 Å². The average molecular weight is 174 g/mol. The topological polar surface area (TPSA) is 35.5 Å². The molecule has 0 aromatic carbocycles. The Hall–Kier alpha value is -0.550. The zero-order chi connectivity index (χ0) is 8.69. The van der Waals surface area contributed by atoms with E-state index in [0.29, 0.717) is 0 Å². The van der Waals surface area contributed by atoms with Gasteiger partial charge in [-0.3, -0.25) is 9.09 Å². The fraction of sp³-hybridized carbons (Fsp3) is 0.429. The normalized spacial score (nSPS) is 12.0. The minimum atomic E-state index is -2.40. The zero-order valence-corrected chi connectivity index (χ0v) is 7.42. The van der Waals surface area contributed by atoms with Crippen molar-refractivity contribution in [2.45, 2.75) is 6.92 Å². The molecule has 0 saturated heterocycles. The summed E-state index contributed by atoms with van der Waals surface area (Å²) in [6.07, 6.45) is 4.86. The highest BCUT2D eigenvalue weighted by molar-refractivity contribution is 7.33. The fourth-order valence-electron chi connectivity index (χ4n) is 0.324. The lowest BCUT2D eigenvalue weighted by molar-refractivity contribution is 0.260. The molecule has 0 aliphatic heterocycles. The maximum absolute atomic E-state index is 10.7. The smallest absolute Gasteiger partial charge is 0.306 e. The van der Waals surface area contributed by atoms with Crippen molar-refractivity contribution in [1.82, 2.24) is 0 Å². The van der Waals surface area contributed by atoms with Crippen molar-refractivity contribution in [2.24, 2.45) is 0 Å². The van der Waals surface area contributed by atoms with Crippen LogP contribution in [0.15, 0.2) is 12.2 Å². The summed E-state index contributed by atoms with van der Waals surface area (Å²) >= 11 is 0. The van der Waals surface area contributed by atoms with E-state index in [9.17, 15) is 4.57 Å². The molecular formula is C7H11O3P. The van der Waals surface area contributed by atoms with Gasteiger partial charge in [0, 0.05) is 0 Å². The molecule has 0 N–H and O–H groups in total. The van der Waals surface area contributed by atoms with Crippen LogP contribution < -0.4 is 0 Å². The van der Waals surface area contributed by atoms with E-state index in [4.69, 9.17) is 10.9 Å². The maximum atomic E-state index is 10.7. The summed E-state index contributed by atoms with van der Waals surface area (Å²) in [5, 5.41) is 0. The Morgan fingerprint density at radius 3 is 2.82 bits per heavy atom. The summed E-state index contributed by atoms with van der Waals surface area (Å²) in [6, 6.07) is 0. The molecule has 0 amide bonds. The van der Waals surface area contributed by atoms with Crippen LogP contribution in [0.3, 0.4) is 0 Å². The predicted octanol–water partition coefficient (Wildman–Crippen LogP) is 1.62. The van der Waals surface area contributed by atoms with E-state index >= 15 is 0 Å². The van der Waals surface area contributed by atoms with Crippen molar-refractivity contribution in [3.05, 3.63) is 12.2 Å². The van der Waals surface area contributed by atoms with Crippen LogP contribution >= 0.6 is 8.25 Å². The van der Waals surface area contributed by atoms with Crippen LogP contribution in [-0.2, 0) is 13.6 Å². The van der Waals surface area contributed by atoms with Gasteiger partial charge in [0.05, 0.1) is 6.61 Å². The number of rotatable bonds is 5. The van der Waals surface area contributed by atoms with Gasteiger partial charge in [-0.2, -0.15) is 0 Å². The molecule has 0 saturated carbocycles. The van der Waals surface area contributed by atoms with Crippen LogP contribution in [0.1, 0.15) is 6.92 Å². The lowest BCUT2D eigenvalue weighted by Crippen LogP contribution is -1.89. The molecule has 0 bridgehead atoms. The van der Waals surface area contributed by atoms with Gasteiger partial charge in [-0.25, -0.2) is 0 Å². The number of terminal acetylenes is 1. The van der Waals surface area contributed by atoms with Crippen molar-refractivity contribution < 1.29 is 13.6 Å². The summed E-state index contributed by atoms with van der Waals surface area (Å²) < 4.78 is 20.0. The SMILES string of the molecule is C#CCO[PH](=O)OCC(=C)C. The molecule has 4 heteroatoms. The lowest BCUT2D eigenvalue weighted by Gasteiger charge is -2.01. The van der Waals surface area contributed by atoms with Crippen LogP contribution in [0.4, 0.5) is 0 Å². The Bertz CT molecular complexity index is 192. The maximum Gasteiger partial charge on any atom is 0.320 e. The third kappa shape index (κ3) is 7.35. The van der Waals surface area contributed by atoms with Gasteiger partial charge in [0.25, 0.3) is 0 Å². The summed E-state index contributed by atoms with van der Waals surface area (Å²) in [4.78, 5) is 0. The third-order valence-electron chi connectivity index (χ3n) is 0.710. The van der Waals surface area contributed by atoms with E-state index in [-0.39, 0.29) is 13.2 Å². The third-order valence-corrected chi connectivity index (χ3v) is 1.47. The minimum Gasteiger partial charge on any atom is -0.306 e. The van der Waals surface area contributed by atoms with E-state index in [1.165, 1.54) is 0 Å². The van der Waals surface area contributed by atoms with Gasteiger partial charge < -0.3 is 4.52 Å². The molecular weight excluding hydrogens is 163 g/mol. The molecule has 0 aliphatic carbocycles. The molecule has 3 nitrogen and oxygen atoms in total. The first-order valence-corrected chi connectivity index (χ1v) is 4.26. The Labute approximate surface area is 67.3 Å². The average Bonchev–Trinajstić information content (AvgIpc) is 1.97. The fourth-order valence-corrected chi connectivity index (χ4v) is 0.973. The van der Waals surface area contributed by atoms with Gasteiger partial charge in [-0.05, 0) is 6.92 Å². The van der Waals surface area contributed by atoms with Crippen molar-refractivity contribution in [2.75, 3.05) is 13.2 Å². The summed E-state index contributed by atoms with van der Waals surface area (Å²) in [6.45, 7) is 5.61. The summed E-state index contributed by atoms with van der Waals surface area (Å²) in [5.74, 6) is 2.19. The van der Waals surface area contributed by atoms with Crippen LogP contribution in [0.2, 0.25) is 0 Å². The van der Waals surface area contributed by atoms with Gasteiger partial charge in [0.1, 0.15) is 6.61 Å². The van der Waals surface area contributed by atoms with E-state index < -0.39 is 8.25 Å². The first kappa shape index (κ1) is 10.4. The minimum absolute atomic E-state index is 0.0218. The quantitative estimate of drug-likeness (QED) is 0.361. The zero-order valence-electron chi connectivity index (χ0n) is 6.42. The molecule has 11 heavy (non-hydrogen) atoms. The van der Waals surface area contributed by atoms with Crippen LogP contribution in [0.25, 0.3) is 0 Å². The highest BCUT2D eigenvalue weighted by Crippen LogP contribution is 2.23. The number of hydrogen-bond acceptors (Lipinski definition) is 3. The molecule has 0 aromatic rings. The second kappa shape index (κ2) is 6.18. The van der Waals surface area contributed by atoms with E-state index in [1.54, 1.807) is 6.92 Å². The van der Waals surface area contributed by atoms with Gasteiger partial charge in [0.15, 0.2) is 0 Å². The molecule has 0 radical (unpaired) electrons. The second-order valence-electron chi connectivity index (χ2n) is 1.99. The Morgan fingerprint density at radius 1 is 1.73 bits per heavy atom. The Kier molecular flexibility index (Phi) is 5.87. The lowest BCUT2D eigenvalue weighted by atomic mass is 10.4. The summed E-state index contributed by atoms with van der Waals surface area (Å²) in [7, 11) is -2.40. The van der Waals surface area contributed by atoms with Crippen molar-refractivity contribution in [3.8, 4) is 12.3 Å². The molecule has 0 aromatic heterocycles. The van der Waals surface area contributed by atoms with Gasteiger partial charge in [0.2, 0.25) is 0 Å². The second-order valence-corrected chi connectivity index (χ2v) is 3.07. The molecule has 62 valence electrons. The molecule has 0 rings (SSSR count). The van der Waals surface area contributed by atoms with Crippen LogP contribution in [0.5, 0.6) is 0 Å². The van der Waals surface area contributed by atoms with E-state index in [0.717, 1.165) is 5.57 Å². The first-order valence-electron chi connectivity index (χ1n) is 3.04.